The SMILES string of the molecule is Cc1cc(-c2nc3cc(CO)ccn3c2N)ccc1F. The standard InChI is InChI=1S/C15H14FN3O/c1-9-6-11(2-3-12(9)16)14-15(17)19-5-4-10(8-20)7-13(19)18-14/h2-7,20H,8,17H2,1H3. The first-order valence-corrected chi connectivity index (χ1v) is 6.24. The number of anilines is 1. The normalized spacial score (nSPS) is 11.2. The molecule has 4 nitrogen and oxygen atoms in total. The first-order valence-electron chi connectivity index (χ1n) is 6.24. The maximum Gasteiger partial charge on any atom is 0.139 e. The highest BCUT2D eigenvalue weighted by Crippen LogP contribution is 2.28. The van der Waals surface area contributed by atoms with Crippen molar-refractivity contribution in [1.82, 2.24) is 9.38 Å². The third kappa shape index (κ3) is 1.92. The maximum atomic E-state index is 13.3. The van der Waals surface area contributed by atoms with Crippen molar-refractivity contribution in [2.45, 2.75) is 13.5 Å². The van der Waals surface area contributed by atoms with Crippen LogP contribution in [0.3, 0.4) is 0 Å². The fourth-order valence-electron chi connectivity index (χ4n) is 2.21. The molecule has 3 rings (SSSR count). The smallest absolute Gasteiger partial charge is 0.139 e. The van der Waals surface area contributed by atoms with E-state index in [0.29, 0.717) is 22.7 Å². The molecule has 0 radical (unpaired) electrons. The Bertz CT molecular complexity index is 795. The Morgan fingerprint density at radius 1 is 1.30 bits per heavy atom. The number of aromatic nitrogens is 2. The topological polar surface area (TPSA) is 63.5 Å². The molecule has 20 heavy (non-hydrogen) atoms. The van der Waals surface area contributed by atoms with Crippen LogP contribution in [0, 0.1) is 12.7 Å². The highest BCUT2D eigenvalue weighted by molar-refractivity contribution is 5.75. The van der Waals surface area contributed by atoms with Gasteiger partial charge in [-0.25, -0.2) is 9.37 Å². The summed E-state index contributed by atoms with van der Waals surface area (Å²) in [5.74, 6) is 0.245. The monoisotopic (exact) mass is 271 g/mol. The van der Waals surface area contributed by atoms with Gasteiger partial charge in [-0.3, -0.25) is 4.40 Å². The van der Waals surface area contributed by atoms with E-state index in [2.05, 4.69) is 4.98 Å². The Morgan fingerprint density at radius 2 is 2.10 bits per heavy atom. The Kier molecular flexibility index (Phi) is 2.91. The van der Waals surface area contributed by atoms with Crippen LogP contribution < -0.4 is 5.73 Å². The van der Waals surface area contributed by atoms with Crippen LogP contribution in [0.4, 0.5) is 10.2 Å². The van der Waals surface area contributed by atoms with E-state index in [1.54, 1.807) is 41.8 Å². The van der Waals surface area contributed by atoms with Crippen molar-refractivity contribution >= 4 is 11.5 Å². The van der Waals surface area contributed by atoms with Gasteiger partial charge in [0.2, 0.25) is 0 Å². The van der Waals surface area contributed by atoms with Gasteiger partial charge in [0.1, 0.15) is 23.0 Å². The van der Waals surface area contributed by atoms with E-state index in [4.69, 9.17) is 10.8 Å². The number of hydrogen-bond donors (Lipinski definition) is 2. The minimum atomic E-state index is -0.251. The van der Waals surface area contributed by atoms with Gasteiger partial charge >= 0.3 is 0 Å². The summed E-state index contributed by atoms with van der Waals surface area (Å²) in [6.07, 6.45) is 1.77. The van der Waals surface area contributed by atoms with E-state index >= 15 is 0 Å². The number of nitrogens with zero attached hydrogens (tertiary/aromatic N) is 2. The molecule has 1 aromatic carbocycles. The lowest BCUT2D eigenvalue weighted by molar-refractivity contribution is 0.282. The molecule has 2 aromatic heterocycles. The highest BCUT2D eigenvalue weighted by atomic mass is 19.1. The zero-order valence-electron chi connectivity index (χ0n) is 11.0. The number of nitrogen functional groups attached to an aromatic ring is 1. The number of aryl methyl sites for hydroxylation is 1. The van der Waals surface area contributed by atoms with Gasteiger partial charge in [0.25, 0.3) is 0 Å². The second kappa shape index (κ2) is 4.61. The zero-order valence-corrected chi connectivity index (χ0v) is 11.0. The van der Waals surface area contributed by atoms with Crippen molar-refractivity contribution in [2.24, 2.45) is 0 Å². The predicted octanol–water partition coefficient (Wildman–Crippen LogP) is 2.52. The number of nitrogens with two attached hydrogens (primary N) is 1. The molecule has 0 saturated heterocycles. The van der Waals surface area contributed by atoms with Gasteiger partial charge in [-0.15, -0.1) is 0 Å². The molecule has 3 aromatic rings. The summed E-state index contributed by atoms with van der Waals surface area (Å²) < 4.78 is 15.1. The Balaban J connectivity index is 2.20. The van der Waals surface area contributed by atoms with E-state index < -0.39 is 0 Å². The predicted molar refractivity (Wildman–Crippen MR) is 75.7 cm³/mol. The van der Waals surface area contributed by atoms with Crippen molar-refractivity contribution < 1.29 is 9.50 Å². The second-order valence-electron chi connectivity index (χ2n) is 4.73. The number of fused-ring (bicyclic) bond motifs is 1. The van der Waals surface area contributed by atoms with E-state index in [0.717, 1.165) is 11.1 Å². The Morgan fingerprint density at radius 3 is 2.80 bits per heavy atom. The minimum absolute atomic E-state index is 0.0474. The second-order valence-corrected chi connectivity index (χ2v) is 4.73. The third-order valence-corrected chi connectivity index (χ3v) is 3.34. The average molecular weight is 271 g/mol. The molecule has 2 heterocycles. The van der Waals surface area contributed by atoms with Crippen molar-refractivity contribution in [1.29, 1.82) is 0 Å². The molecular weight excluding hydrogens is 257 g/mol. The van der Waals surface area contributed by atoms with Crippen LogP contribution in [-0.2, 0) is 6.61 Å². The summed E-state index contributed by atoms with van der Waals surface area (Å²) in [5.41, 5.74) is 9.46. The van der Waals surface area contributed by atoms with Crippen LogP contribution in [0.5, 0.6) is 0 Å². The maximum absolute atomic E-state index is 13.3. The van der Waals surface area contributed by atoms with Gasteiger partial charge in [-0.2, -0.15) is 0 Å². The Labute approximate surface area is 115 Å². The van der Waals surface area contributed by atoms with Crippen molar-refractivity contribution in [3.8, 4) is 11.3 Å². The van der Waals surface area contributed by atoms with Crippen LogP contribution in [-0.4, -0.2) is 14.5 Å². The molecule has 0 unspecified atom stereocenters. The summed E-state index contributed by atoms with van der Waals surface area (Å²) in [6, 6.07) is 8.35. The molecular formula is C15H14FN3O. The summed E-state index contributed by atoms with van der Waals surface area (Å²) in [6.45, 7) is 1.66. The van der Waals surface area contributed by atoms with E-state index in [9.17, 15) is 4.39 Å². The van der Waals surface area contributed by atoms with Gasteiger partial charge < -0.3 is 10.8 Å². The molecule has 0 atom stereocenters. The van der Waals surface area contributed by atoms with Crippen molar-refractivity contribution in [2.75, 3.05) is 5.73 Å². The van der Waals surface area contributed by atoms with Crippen LogP contribution in [0.15, 0.2) is 36.5 Å². The fraction of sp³-hybridized carbons (Fsp3) is 0.133. The number of benzene rings is 1. The first-order chi connectivity index (χ1) is 9.60. The molecule has 0 aliphatic heterocycles. The lowest BCUT2D eigenvalue weighted by atomic mass is 10.1. The first kappa shape index (κ1) is 12.6. The van der Waals surface area contributed by atoms with Gasteiger partial charge in [0.15, 0.2) is 0 Å². The number of halogens is 1. The van der Waals surface area contributed by atoms with Gasteiger partial charge in [-0.05, 0) is 48.4 Å². The quantitative estimate of drug-likeness (QED) is 0.752. The number of hydrogen-bond acceptors (Lipinski definition) is 3. The molecule has 0 spiro atoms. The lowest BCUT2D eigenvalue weighted by Crippen LogP contribution is -1.95. The number of aliphatic hydroxyl groups excluding tert-OH is 1. The summed E-state index contributed by atoms with van der Waals surface area (Å²) in [5, 5.41) is 9.15. The molecule has 0 aliphatic rings. The summed E-state index contributed by atoms with van der Waals surface area (Å²) in [7, 11) is 0. The number of pyridine rings is 1. The lowest BCUT2D eigenvalue weighted by Gasteiger charge is -2.02. The van der Waals surface area contributed by atoms with E-state index in [-0.39, 0.29) is 12.4 Å². The number of imidazole rings is 1. The highest BCUT2D eigenvalue weighted by Gasteiger charge is 2.12. The molecule has 5 heteroatoms. The summed E-state index contributed by atoms with van der Waals surface area (Å²) in [4.78, 5) is 4.47. The average Bonchev–Trinajstić information content (AvgIpc) is 2.78. The fourth-order valence-corrected chi connectivity index (χ4v) is 2.21. The van der Waals surface area contributed by atoms with Crippen LogP contribution in [0.1, 0.15) is 11.1 Å². The molecule has 0 saturated carbocycles. The van der Waals surface area contributed by atoms with E-state index in [1.165, 1.54) is 6.07 Å². The number of rotatable bonds is 2. The van der Waals surface area contributed by atoms with Crippen LogP contribution in [0.25, 0.3) is 16.9 Å². The minimum Gasteiger partial charge on any atom is -0.392 e. The molecule has 0 aliphatic carbocycles. The van der Waals surface area contributed by atoms with Crippen LogP contribution in [0.2, 0.25) is 0 Å². The molecule has 102 valence electrons. The van der Waals surface area contributed by atoms with Gasteiger partial charge in [0.05, 0.1) is 6.61 Å². The molecule has 0 amide bonds. The van der Waals surface area contributed by atoms with Crippen molar-refractivity contribution in [3.63, 3.8) is 0 Å². The van der Waals surface area contributed by atoms with Gasteiger partial charge in [-0.1, -0.05) is 0 Å². The summed E-state index contributed by atoms with van der Waals surface area (Å²) >= 11 is 0. The molecule has 0 fully saturated rings. The van der Waals surface area contributed by atoms with E-state index in [1.807, 2.05) is 0 Å². The zero-order chi connectivity index (χ0) is 14.3. The third-order valence-electron chi connectivity index (χ3n) is 3.34. The van der Waals surface area contributed by atoms with Gasteiger partial charge in [0, 0.05) is 11.8 Å². The molecule has 0 bridgehead atoms. The van der Waals surface area contributed by atoms with Crippen LogP contribution >= 0.6 is 0 Å². The number of aliphatic hydroxyl groups is 1. The Hall–Kier alpha value is -2.40. The molecule has 3 N–H and O–H groups in total. The largest absolute Gasteiger partial charge is 0.392 e. The van der Waals surface area contributed by atoms with Crippen molar-refractivity contribution in [3.05, 3.63) is 53.5 Å².